The predicted octanol–water partition coefficient (Wildman–Crippen LogP) is 3.30. The highest BCUT2D eigenvalue weighted by molar-refractivity contribution is 7.89. The summed E-state index contributed by atoms with van der Waals surface area (Å²) in [4.78, 5) is 51.5. The SMILES string of the molecule is COC(=O)C(C(=O)OC)[C@H]1C[C@H](C(C)C)N(S(=O)(=O)c2ccc(C)cc2)[C@H](CC(=O)C(C)(C)C)[C@@H]1OC(C)=O. The van der Waals surface area contributed by atoms with Crippen molar-refractivity contribution in [3.05, 3.63) is 29.8 Å². The number of ketones is 1. The van der Waals surface area contributed by atoms with Crippen LogP contribution in [0.1, 0.15) is 59.9 Å². The maximum Gasteiger partial charge on any atom is 0.320 e. The molecule has 39 heavy (non-hydrogen) atoms. The Morgan fingerprint density at radius 3 is 1.92 bits per heavy atom. The molecule has 0 spiro atoms. The number of Topliss-reactive ketones (excluding diaryl/α,β-unsaturated/α-hetero) is 1. The third-order valence-corrected chi connectivity index (χ3v) is 9.17. The van der Waals surface area contributed by atoms with Crippen LogP contribution in [0.3, 0.4) is 0 Å². The van der Waals surface area contributed by atoms with Gasteiger partial charge in [0.05, 0.1) is 25.2 Å². The van der Waals surface area contributed by atoms with Crippen molar-refractivity contribution in [3.63, 3.8) is 0 Å². The minimum Gasteiger partial charge on any atom is -0.468 e. The highest BCUT2D eigenvalue weighted by atomic mass is 32.2. The lowest BCUT2D eigenvalue weighted by atomic mass is 9.72. The number of esters is 3. The molecule has 0 bridgehead atoms. The van der Waals surface area contributed by atoms with Gasteiger partial charge in [-0.15, -0.1) is 0 Å². The van der Waals surface area contributed by atoms with E-state index in [2.05, 4.69) is 0 Å². The molecular weight excluding hydrogens is 526 g/mol. The Morgan fingerprint density at radius 1 is 1.00 bits per heavy atom. The number of hydrogen-bond acceptors (Lipinski definition) is 9. The number of sulfonamides is 1. The minimum absolute atomic E-state index is 0.0180. The third-order valence-electron chi connectivity index (χ3n) is 7.21. The van der Waals surface area contributed by atoms with Gasteiger partial charge in [-0.2, -0.15) is 4.31 Å². The lowest BCUT2D eigenvalue weighted by Gasteiger charge is -2.50. The molecule has 0 aliphatic carbocycles. The Balaban J connectivity index is 2.88. The van der Waals surface area contributed by atoms with Gasteiger partial charge in [-0.25, -0.2) is 8.42 Å². The van der Waals surface area contributed by atoms with E-state index in [9.17, 15) is 27.6 Å². The van der Waals surface area contributed by atoms with E-state index >= 15 is 0 Å². The van der Waals surface area contributed by atoms with Crippen LogP contribution in [0.5, 0.6) is 0 Å². The fourth-order valence-corrected chi connectivity index (χ4v) is 6.99. The second-order valence-electron chi connectivity index (χ2n) is 11.4. The molecule has 1 aliphatic rings. The van der Waals surface area contributed by atoms with Gasteiger partial charge in [0.1, 0.15) is 11.9 Å². The van der Waals surface area contributed by atoms with Crippen molar-refractivity contribution < 1.29 is 41.8 Å². The first kappa shape index (κ1) is 32.4. The first-order valence-electron chi connectivity index (χ1n) is 12.9. The minimum atomic E-state index is -4.23. The van der Waals surface area contributed by atoms with Crippen molar-refractivity contribution in [3.8, 4) is 0 Å². The molecule has 0 amide bonds. The standard InChI is InChI=1S/C28H41NO9S/c1-16(2)21-14-20(24(26(32)36-8)27(33)37-9)25(38-18(4)30)22(15-23(31)28(5,6)7)29(21)39(34,35)19-12-10-17(3)11-13-19/h10-13,16,20-22,24-25H,14-15H2,1-9H3/t20-,21-,22-,25-/m1/s1. The fraction of sp³-hybridized carbons (Fsp3) is 0.643. The molecule has 1 aromatic rings. The lowest BCUT2D eigenvalue weighted by molar-refractivity contribution is -0.177. The van der Waals surface area contributed by atoms with Crippen LogP contribution in [-0.2, 0) is 43.4 Å². The third kappa shape index (κ3) is 7.25. The molecule has 1 aliphatic heterocycles. The van der Waals surface area contributed by atoms with E-state index in [-0.39, 0.29) is 29.4 Å². The van der Waals surface area contributed by atoms with Crippen LogP contribution < -0.4 is 0 Å². The largest absolute Gasteiger partial charge is 0.468 e. The van der Waals surface area contributed by atoms with Crippen molar-refractivity contribution in [2.45, 2.75) is 84.4 Å². The Kier molecular flexibility index (Phi) is 10.5. The van der Waals surface area contributed by atoms with E-state index in [0.717, 1.165) is 26.7 Å². The molecule has 4 atom stereocenters. The van der Waals surface area contributed by atoms with Crippen LogP contribution >= 0.6 is 0 Å². The van der Waals surface area contributed by atoms with Gasteiger partial charge in [-0.3, -0.25) is 19.2 Å². The maximum atomic E-state index is 14.2. The topological polar surface area (TPSA) is 133 Å². The van der Waals surface area contributed by atoms with Crippen molar-refractivity contribution in [1.29, 1.82) is 0 Å². The molecule has 0 saturated carbocycles. The lowest BCUT2D eigenvalue weighted by Crippen LogP contribution is -2.64. The van der Waals surface area contributed by atoms with Gasteiger partial charge in [0.2, 0.25) is 10.0 Å². The number of piperidine rings is 1. The Bertz CT molecular complexity index is 1150. The number of ether oxygens (including phenoxy) is 3. The van der Waals surface area contributed by atoms with Crippen LogP contribution in [0.15, 0.2) is 29.2 Å². The molecule has 0 radical (unpaired) electrons. The van der Waals surface area contributed by atoms with E-state index in [1.54, 1.807) is 32.9 Å². The van der Waals surface area contributed by atoms with E-state index in [4.69, 9.17) is 14.2 Å². The van der Waals surface area contributed by atoms with Gasteiger partial charge in [0, 0.05) is 30.7 Å². The van der Waals surface area contributed by atoms with Gasteiger partial charge in [-0.1, -0.05) is 52.3 Å². The number of rotatable bonds is 9. The van der Waals surface area contributed by atoms with Gasteiger partial charge >= 0.3 is 17.9 Å². The number of methoxy groups -OCH3 is 2. The van der Waals surface area contributed by atoms with Crippen molar-refractivity contribution in [1.82, 2.24) is 4.31 Å². The zero-order valence-electron chi connectivity index (χ0n) is 24.2. The second-order valence-corrected chi connectivity index (χ2v) is 13.2. The van der Waals surface area contributed by atoms with Crippen LogP contribution in [0.2, 0.25) is 0 Å². The predicted molar refractivity (Wildman–Crippen MR) is 143 cm³/mol. The summed E-state index contributed by atoms with van der Waals surface area (Å²) in [5.74, 6) is -5.63. The summed E-state index contributed by atoms with van der Waals surface area (Å²) >= 11 is 0. The van der Waals surface area contributed by atoms with E-state index in [1.807, 2.05) is 20.8 Å². The number of aryl methyl sites for hydroxylation is 1. The van der Waals surface area contributed by atoms with Crippen molar-refractivity contribution in [2.75, 3.05) is 14.2 Å². The number of carbonyl (C=O) groups is 4. The maximum absolute atomic E-state index is 14.2. The smallest absolute Gasteiger partial charge is 0.320 e. The number of nitrogens with zero attached hydrogens (tertiary/aromatic N) is 1. The van der Waals surface area contributed by atoms with Gasteiger partial charge < -0.3 is 14.2 Å². The summed E-state index contributed by atoms with van der Waals surface area (Å²) < 4.78 is 45.2. The highest BCUT2D eigenvalue weighted by Gasteiger charge is 2.56. The summed E-state index contributed by atoms with van der Waals surface area (Å²) in [7, 11) is -1.98. The monoisotopic (exact) mass is 567 g/mol. The second kappa shape index (κ2) is 12.6. The summed E-state index contributed by atoms with van der Waals surface area (Å²) in [6, 6.07) is 4.38. The average molecular weight is 568 g/mol. The molecule has 1 fully saturated rings. The Hall–Kier alpha value is -2.79. The van der Waals surface area contributed by atoms with Crippen molar-refractivity contribution in [2.24, 2.45) is 23.2 Å². The fourth-order valence-electron chi connectivity index (χ4n) is 5.03. The summed E-state index contributed by atoms with van der Waals surface area (Å²) in [5.41, 5.74) is 0.0223. The Labute approximate surface area is 231 Å². The number of hydrogen-bond donors (Lipinski definition) is 0. The molecule has 0 N–H and O–H groups in total. The van der Waals surface area contributed by atoms with E-state index in [1.165, 1.54) is 16.4 Å². The molecule has 10 nitrogen and oxygen atoms in total. The number of benzene rings is 1. The summed E-state index contributed by atoms with van der Waals surface area (Å²) in [6.07, 6.45) is -1.64. The molecule has 218 valence electrons. The van der Waals surface area contributed by atoms with Crippen LogP contribution in [-0.4, -0.2) is 68.8 Å². The average Bonchev–Trinajstić information content (AvgIpc) is 2.84. The van der Waals surface area contributed by atoms with E-state index in [0.29, 0.717) is 0 Å². The van der Waals surface area contributed by atoms with E-state index < -0.39 is 63.4 Å². The molecule has 1 heterocycles. The first-order chi connectivity index (χ1) is 18.0. The highest BCUT2D eigenvalue weighted by Crippen LogP contribution is 2.43. The zero-order valence-corrected chi connectivity index (χ0v) is 25.0. The molecule has 2 rings (SSSR count). The summed E-state index contributed by atoms with van der Waals surface area (Å²) in [6.45, 7) is 11.8. The molecular formula is C28H41NO9S. The molecule has 0 aromatic heterocycles. The van der Waals surface area contributed by atoms with Crippen LogP contribution in [0, 0.1) is 30.1 Å². The molecule has 1 aromatic carbocycles. The van der Waals surface area contributed by atoms with Crippen LogP contribution in [0.25, 0.3) is 0 Å². The zero-order chi connectivity index (χ0) is 29.9. The van der Waals surface area contributed by atoms with Gasteiger partial charge in [-0.05, 0) is 31.4 Å². The summed E-state index contributed by atoms with van der Waals surface area (Å²) in [5, 5.41) is 0. The van der Waals surface area contributed by atoms with Crippen LogP contribution in [0.4, 0.5) is 0 Å². The van der Waals surface area contributed by atoms with Gasteiger partial charge in [0.15, 0.2) is 5.92 Å². The molecule has 1 saturated heterocycles. The molecule has 0 unspecified atom stereocenters. The normalized spacial score (nSPS) is 22.4. The first-order valence-corrected chi connectivity index (χ1v) is 14.4. The molecule has 11 heteroatoms. The van der Waals surface area contributed by atoms with Gasteiger partial charge in [0.25, 0.3) is 0 Å². The Morgan fingerprint density at radius 2 is 1.51 bits per heavy atom. The quantitative estimate of drug-likeness (QED) is 0.250. The number of carbonyl (C=O) groups excluding carboxylic acids is 4. The van der Waals surface area contributed by atoms with Crippen molar-refractivity contribution >= 4 is 33.7 Å².